The van der Waals surface area contributed by atoms with Gasteiger partial charge in [0.2, 0.25) is 0 Å². The predicted octanol–water partition coefficient (Wildman–Crippen LogP) is 2.02. The molecule has 1 rings (SSSR count). The molecule has 96 valence electrons. The molecule has 0 bridgehead atoms. The van der Waals surface area contributed by atoms with Gasteiger partial charge in [0.15, 0.2) is 0 Å². The number of aliphatic hydroxyl groups excluding tert-OH is 2. The van der Waals surface area contributed by atoms with Crippen LogP contribution in [0.5, 0.6) is 5.75 Å². The van der Waals surface area contributed by atoms with Gasteiger partial charge in [-0.1, -0.05) is 32.9 Å². The summed E-state index contributed by atoms with van der Waals surface area (Å²) in [4.78, 5) is 0. The van der Waals surface area contributed by atoms with E-state index in [-0.39, 0.29) is 18.6 Å². The molecule has 0 aliphatic carbocycles. The number of ether oxygens (including phenoxy) is 1. The van der Waals surface area contributed by atoms with Crippen molar-refractivity contribution >= 4 is 0 Å². The van der Waals surface area contributed by atoms with E-state index in [4.69, 9.17) is 9.84 Å². The Balaban J connectivity index is 2.77. The molecule has 3 nitrogen and oxygen atoms in total. The molecule has 0 aliphatic heterocycles. The Hall–Kier alpha value is -1.06. The molecular weight excluding hydrogens is 216 g/mol. The van der Waals surface area contributed by atoms with Gasteiger partial charge in [0.05, 0.1) is 6.61 Å². The van der Waals surface area contributed by atoms with Crippen molar-refractivity contribution in [3.63, 3.8) is 0 Å². The minimum absolute atomic E-state index is 0.117. The van der Waals surface area contributed by atoms with Crippen LogP contribution in [-0.4, -0.2) is 29.5 Å². The maximum atomic E-state index is 9.22. The first-order valence-corrected chi connectivity index (χ1v) is 5.87. The standard InChI is InChI=1S/C14H22O3/c1-10-7-11(14(2,3)4)5-6-13(10)17-9-12(16)8-15/h5-7,12,15-16H,8-9H2,1-4H3. The summed E-state index contributed by atoms with van der Waals surface area (Å²) in [6.07, 6.45) is -0.823. The van der Waals surface area contributed by atoms with E-state index in [1.54, 1.807) is 0 Å². The van der Waals surface area contributed by atoms with Crippen LogP contribution < -0.4 is 4.74 Å². The fourth-order valence-corrected chi connectivity index (χ4v) is 1.52. The molecule has 0 saturated heterocycles. The lowest BCUT2D eigenvalue weighted by molar-refractivity contribution is 0.0534. The van der Waals surface area contributed by atoms with Crippen molar-refractivity contribution < 1.29 is 14.9 Å². The number of aliphatic hydroxyl groups is 2. The van der Waals surface area contributed by atoms with E-state index in [1.165, 1.54) is 5.56 Å². The average molecular weight is 238 g/mol. The second kappa shape index (κ2) is 5.52. The normalized spacial score (nSPS) is 13.5. The molecular formula is C14H22O3. The molecule has 0 fully saturated rings. The van der Waals surface area contributed by atoms with Crippen molar-refractivity contribution in [1.29, 1.82) is 0 Å². The van der Waals surface area contributed by atoms with Gasteiger partial charge < -0.3 is 14.9 Å². The van der Waals surface area contributed by atoms with E-state index >= 15 is 0 Å². The first-order chi connectivity index (χ1) is 7.84. The second-order valence-corrected chi connectivity index (χ2v) is 5.38. The van der Waals surface area contributed by atoms with Crippen LogP contribution in [-0.2, 0) is 5.41 Å². The zero-order valence-corrected chi connectivity index (χ0v) is 11.0. The summed E-state index contributed by atoms with van der Waals surface area (Å²) in [6.45, 7) is 8.31. The third kappa shape index (κ3) is 4.02. The highest BCUT2D eigenvalue weighted by Gasteiger charge is 2.15. The lowest BCUT2D eigenvalue weighted by Gasteiger charge is -2.21. The Kier molecular flexibility index (Phi) is 4.54. The second-order valence-electron chi connectivity index (χ2n) is 5.38. The minimum Gasteiger partial charge on any atom is -0.491 e. The zero-order valence-electron chi connectivity index (χ0n) is 11.0. The first kappa shape index (κ1) is 14.0. The molecule has 1 atom stereocenters. The summed E-state index contributed by atoms with van der Waals surface area (Å²) < 4.78 is 5.45. The van der Waals surface area contributed by atoms with Gasteiger partial charge in [-0.3, -0.25) is 0 Å². The van der Waals surface area contributed by atoms with Crippen molar-refractivity contribution in [2.45, 2.75) is 39.2 Å². The third-order valence-electron chi connectivity index (χ3n) is 2.68. The van der Waals surface area contributed by atoms with Gasteiger partial charge in [-0.15, -0.1) is 0 Å². The van der Waals surface area contributed by atoms with Crippen molar-refractivity contribution in [3.8, 4) is 5.75 Å². The number of benzene rings is 1. The summed E-state index contributed by atoms with van der Waals surface area (Å²) in [6, 6.07) is 6.05. The minimum atomic E-state index is -0.823. The molecule has 1 aromatic rings. The van der Waals surface area contributed by atoms with Crippen molar-refractivity contribution in [2.24, 2.45) is 0 Å². The summed E-state index contributed by atoms with van der Waals surface area (Å²) >= 11 is 0. The molecule has 3 heteroatoms. The molecule has 0 saturated carbocycles. The highest BCUT2D eigenvalue weighted by molar-refractivity contribution is 5.38. The molecule has 0 radical (unpaired) electrons. The number of hydrogen-bond donors (Lipinski definition) is 2. The highest BCUT2D eigenvalue weighted by Crippen LogP contribution is 2.27. The van der Waals surface area contributed by atoms with Gasteiger partial charge in [0, 0.05) is 0 Å². The van der Waals surface area contributed by atoms with E-state index in [0.717, 1.165) is 11.3 Å². The Morgan fingerprint density at radius 3 is 2.41 bits per heavy atom. The first-order valence-electron chi connectivity index (χ1n) is 5.87. The Morgan fingerprint density at radius 1 is 1.29 bits per heavy atom. The van der Waals surface area contributed by atoms with E-state index in [0.29, 0.717) is 0 Å². The average Bonchev–Trinajstić information content (AvgIpc) is 2.25. The summed E-state index contributed by atoms with van der Waals surface area (Å²) in [5.41, 5.74) is 2.42. The van der Waals surface area contributed by atoms with Gasteiger partial charge in [-0.05, 0) is 29.5 Å². The van der Waals surface area contributed by atoms with E-state index in [1.807, 2.05) is 19.1 Å². The monoisotopic (exact) mass is 238 g/mol. The topological polar surface area (TPSA) is 49.7 Å². The third-order valence-corrected chi connectivity index (χ3v) is 2.68. The van der Waals surface area contributed by atoms with Crippen LogP contribution in [0.4, 0.5) is 0 Å². The van der Waals surface area contributed by atoms with Gasteiger partial charge in [-0.25, -0.2) is 0 Å². The molecule has 0 spiro atoms. The van der Waals surface area contributed by atoms with Crippen LogP contribution in [0.15, 0.2) is 18.2 Å². The van der Waals surface area contributed by atoms with Gasteiger partial charge in [0.25, 0.3) is 0 Å². The van der Waals surface area contributed by atoms with Crippen molar-refractivity contribution in [1.82, 2.24) is 0 Å². The maximum absolute atomic E-state index is 9.22. The molecule has 0 amide bonds. The van der Waals surface area contributed by atoms with E-state index in [2.05, 4.69) is 26.8 Å². The molecule has 1 aromatic carbocycles. The molecule has 1 unspecified atom stereocenters. The van der Waals surface area contributed by atoms with Gasteiger partial charge in [0.1, 0.15) is 18.5 Å². The Labute approximate surface area is 103 Å². The zero-order chi connectivity index (χ0) is 13.1. The highest BCUT2D eigenvalue weighted by atomic mass is 16.5. The molecule has 2 N–H and O–H groups in total. The number of hydrogen-bond acceptors (Lipinski definition) is 3. The SMILES string of the molecule is Cc1cc(C(C)(C)C)ccc1OCC(O)CO. The van der Waals surface area contributed by atoms with Crippen LogP contribution >= 0.6 is 0 Å². The smallest absolute Gasteiger partial charge is 0.122 e. The lowest BCUT2D eigenvalue weighted by atomic mass is 9.86. The molecule has 0 heterocycles. The molecule has 17 heavy (non-hydrogen) atoms. The van der Waals surface area contributed by atoms with Crippen LogP contribution in [0.3, 0.4) is 0 Å². The number of rotatable bonds is 4. The fraction of sp³-hybridized carbons (Fsp3) is 0.571. The summed E-state index contributed by atoms with van der Waals surface area (Å²) in [7, 11) is 0. The van der Waals surface area contributed by atoms with Gasteiger partial charge in [-0.2, -0.15) is 0 Å². The van der Waals surface area contributed by atoms with Gasteiger partial charge >= 0.3 is 0 Å². The van der Waals surface area contributed by atoms with E-state index < -0.39 is 6.10 Å². The van der Waals surface area contributed by atoms with Crippen LogP contribution in [0.25, 0.3) is 0 Å². The Bertz CT molecular complexity index is 366. The lowest BCUT2D eigenvalue weighted by Crippen LogP contribution is -2.21. The van der Waals surface area contributed by atoms with Crippen LogP contribution in [0.2, 0.25) is 0 Å². The van der Waals surface area contributed by atoms with Crippen molar-refractivity contribution in [3.05, 3.63) is 29.3 Å². The molecule has 0 aromatic heterocycles. The fourth-order valence-electron chi connectivity index (χ4n) is 1.52. The van der Waals surface area contributed by atoms with E-state index in [9.17, 15) is 5.11 Å². The van der Waals surface area contributed by atoms with Crippen LogP contribution in [0, 0.1) is 6.92 Å². The Morgan fingerprint density at radius 2 is 1.94 bits per heavy atom. The maximum Gasteiger partial charge on any atom is 0.122 e. The largest absolute Gasteiger partial charge is 0.491 e. The summed E-state index contributed by atoms with van der Waals surface area (Å²) in [5, 5.41) is 17.9. The predicted molar refractivity (Wildman–Crippen MR) is 68.5 cm³/mol. The molecule has 0 aliphatic rings. The van der Waals surface area contributed by atoms with Crippen molar-refractivity contribution in [2.75, 3.05) is 13.2 Å². The van der Waals surface area contributed by atoms with Crippen LogP contribution in [0.1, 0.15) is 31.9 Å². The summed E-state index contributed by atoms with van der Waals surface area (Å²) in [5.74, 6) is 0.755. The quantitative estimate of drug-likeness (QED) is 0.843. The number of aryl methyl sites for hydroxylation is 1.